The Kier molecular flexibility index (Phi) is 5.40. The van der Waals surface area contributed by atoms with Crippen LogP contribution >= 0.6 is 12.2 Å². The number of halogens is 1. The van der Waals surface area contributed by atoms with E-state index in [4.69, 9.17) is 22.7 Å². The monoisotopic (exact) mass is 394 g/mol. The van der Waals surface area contributed by atoms with Crippen LogP contribution in [0.2, 0.25) is 0 Å². The smallest absolute Gasteiger partial charge is 0.414 e. The third-order valence-corrected chi connectivity index (χ3v) is 4.35. The van der Waals surface area contributed by atoms with E-state index in [2.05, 4.69) is 10.4 Å². The van der Waals surface area contributed by atoms with E-state index in [9.17, 15) is 14.0 Å². The highest BCUT2D eigenvalue weighted by Crippen LogP contribution is 2.28. The molecule has 1 aromatic carbocycles. The molecule has 0 aliphatic carbocycles. The van der Waals surface area contributed by atoms with E-state index in [0.717, 1.165) is 0 Å². The van der Waals surface area contributed by atoms with Gasteiger partial charge in [0, 0.05) is 13.5 Å². The number of amides is 2. The molecule has 1 atom stereocenters. The van der Waals surface area contributed by atoms with Gasteiger partial charge in [0.05, 0.1) is 31.0 Å². The first kappa shape index (κ1) is 18.8. The number of thiocarbonyl (C=S) groups is 1. The Balaban J connectivity index is 1.70. The number of benzene rings is 1. The summed E-state index contributed by atoms with van der Waals surface area (Å²) in [6.45, 7) is 2.72. The minimum atomic E-state index is -0.580. The van der Waals surface area contributed by atoms with Crippen molar-refractivity contribution < 1.29 is 18.7 Å². The number of nitrogens with one attached hydrogen (secondary N) is 1. The fourth-order valence-corrected chi connectivity index (χ4v) is 2.92. The number of nitrogens with zero attached hydrogens (tertiary/aromatic N) is 4. The van der Waals surface area contributed by atoms with Crippen molar-refractivity contribution in [2.24, 2.45) is 10.8 Å². The number of anilines is 2. The maximum Gasteiger partial charge on any atom is 0.414 e. The second kappa shape index (κ2) is 7.74. The maximum atomic E-state index is 14.6. The van der Waals surface area contributed by atoms with Crippen molar-refractivity contribution >= 4 is 47.0 Å². The molecule has 27 heavy (non-hydrogen) atoms. The quantitative estimate of drug-likeness (QED) is 0.721. The molecule has 2 aliphatic heterocycles. The number of hydrogen-bond donors (Lipinski definition) is 2. The first-order chi connectivity index (χ1) is 12.8. The molecule has 3 N–H and O–H groups in total. The van der Waals surface area contributed by atoms with Gasteiger partial charge >= 0.3 is 6.09 Å². The second-order valence-electron chi connectivity index (χ2n) is 6.07. The molecule has 1 unspecified atom stereocenters. The minimum absolute atomic E-state index is 0.156. The lowest BCUT2D eigenvalue weighted by atomic mass is 10.2. The first-order valence-corrected chi connectivity index (χ1v) is 8.66. The molecule has 1 fully saturated rings. The standard InChI is InChI=1S/C16H19FN6O3S/c1-10(24)19-7-12-8-22(16(25)26-12)11-2-3-14(13(17)6-11)21-4-5-23(15(18)27)20-9-21/h2-3,6,9,12H,4-5,7-8H2,1H3,(H2,18,27)(H,19,24). The van der Waals surface area contributed by atoms with Crippen LogP contribution in [0.15, 0.2) is 23.3 Å². The van der Waals surface area contributed by atoms with Gasteiger partial charge in [0.15, 0.2) is 5.11 Å². The number of hydrazone groups is 1. The average Bonchev–Trinajstić information content (AvgIpc) is 3.01. The van der Waals surface area contributed by atoms with E-state index in [1.54, 1.807) is 17.0 Å². The topological polar surface area (TPSA) is 104 Å². The lowest BCUT2D eigenvalue weighted by Crippen LogP contribution is -2.43. The number of cyclic esters (lactones) is 1. The molecule has 11 heteroatoms. The molecule has 0 bridgehead atoms. The van der Waals surface area contributed by atoms with E-state index >= 15 is 0 Å². The number of carbonyl (C=O) groups excluding carboxylic acids is 2. The van der Waals surface area contributed by atoms with Crippen molar-refractivity contribution in [2.75, 3.05) is 36.0 Å². The summed E-state index contributed by atoms with van der Waals surface area (Å²) in [6.07, 6.45) is 0.391. The largest absolute Gasteiger partial charge is 0.442 e. The summed E-state index contributed by atoms with van der Waals surface area (Å²) < 4.78 is 19.8. The van der Waals surface area contributed by atoms with E-state index in [1.807, 2.05) is 0 Å². The predicted molar refractivity (Wildman–Crippen MR) is 102 cm³/mol. The van der Waals surface area contributed by atoms with Crippen molar-refractivity contribution in [3.63, 3.8) is 0 Å². The van der Waals surface area contributed by atoms with Crippen molar-refractivity contribution in [3.8, 4) is 0 Å². The van der Waals surface area contributed by atoms with Crippen molar-refractivity contribution in [1.29, 1.82) is 0 Å². The van der Waals surface area contributed by atoms with Gasteiger partial charge in [-0.15, -0.1) is 0 Å². The molecule has 3 rings (SSSR count). The van der Waals surface area contributed by atoms with Crippen molar-refractivity contribution in [3.05, 3.63) is 24.0 Å². The highest BCUT2D eigenvalue weighted by Gasteiger charge is 2.33. The molecule has 1 saturated heterocycles. The summed E-state index contributed by atoms with van der Waals surface area (Å²) in [5.41, 5.74) is 6.22. The fourth-order valence-electron chi connectivity index (χ4n) is 2.79. The zero-order chi connectivity index (χ0) is 19.6. The molecule has 9 nitrogen and oxygen atoms in total. The zero-order valence-corrected chi connectivity index (χ0v) is 15.4. The predicted octanol–water partition coefficient (Wildman–Crippen LogP) is 0.596. The third-order valence-electron chi connectivity index (χ3n) is 4.14. The van der Waals surface area contributed by atoms with Gasteiger partial charge in [0.25, 0.3) is 0 Å². The van der Waals surface area contributed by atoms with Crippen LogP contribution in [0.5, 0.6) is 0 Å². The van der Waals surface area contributed by atoms with E-state index in [1.165, 1.54) is 29.2 Å². The Bertz CT molecular complexity index is 804. The average molecular weight is 394 g/mol. The molecular weight excluding hydrogens is 375 g/mol. The van der Waals surface area contributed by atoms with Crippen LogP contribution in [0.1, 0.15) is 6.92 Å². The molecule has 0 aromatic heterocycles. The summed E-state index contributed by atoms with van der Waals surface area (Å²) in [5.74, 6) is -0.710. The maximum absolute atomic E-state index is 14.6. The first-order valence-electron chi connectivity index (χ1n) is 8.25. The summed E-state index contributed by atoms with van der Waals surface area (Å²) in [6, 6.07) is 4.47. The van der Waals surface area contributed by atoms with Gasteiger partial charge in [0.1, 0.15) is 18.3 Å². The summed E-state index contributed by atoms with van der Waals surface area (Å²) >= 11 is 4.85. The van der Waals surface area contributed by atoms with Crippen molar-refractivity contribution in [1.82, 2.24) is 10.3 Å². The van der Waals surface area contributed by atoms with Gasteiger partial charge in [-0.05, 0) is 30.4 Å². The molecule has 2 heterocycles. The molecule has 0 radical (unpaired) electrons. The van der Waals surface area contributed by atoms with Gasteiger partial charge in [-0.1, -0.05) is 0 Å². The van der Waals surface area contributed by atoms with E-state index < -0.39 is 18.0 Å². The molecule has 0 saturated carbocycles. The number of rotatable bonds is 4. The van der Waals surface area contributed by atoms with Crippen LogP contribution in [0.3, 0.4) is 0 Å². The highest BCUT2D eigenvalue weighted by molar-refractivity contribution is 7.80. The lowest BCUT2D eigenvalue weighted by molar-refractivity contribution is -0.119. The molecule has 2 amide bonds. The van der Waals surface area contributed by atoms with Crippen LogP contribution in [0, 0.1) is 5.82 Å². The minimum Gasteiger partial charge on any atom is -0.442 e. The SMILES string of the molecule is CC(=O)NCC1CN(c2ccc(N3C=NN(C(N)=S)CC3)c(F)c2)C(=O)O1. The normalized spacial score (nSPS) is 19.3. The lowest BCUT2D eigenvalue weighted by Gasteiger charge is -2.29. The third kappa shape index (κ3) is 4.25. The summed E-state index contributed by atoms with van der Waals surface area (Å²) in [5, 5.41) is 8.27. The Morgan fingerprint density at radius 3 is 2.85 bits per heavy atom. The molecule has 2 aliphatic rings. The Morgan fingerprint density at radius 2 is 2.26 bits per heavy atom. The molecule has 144 valence electrons. The summed E-state index contributed by atoms with van der Waals surface area (Å²) in [7, 11) is 0. The van der Waals surface area contributed by atoms with Crippen LogP contribution in [0.25, 0.3) is 0 Å². The highest BCUT2D eigenvalue weighted by atomic mass is 32.1. The molecular formula is C16H19FN6O3S. The van der Waals surface area contributed by atoms with E-state index in [0.29, 0.717) is 24.5 Å². The number of nitrogens with two attached hydrogens (primary N) is 1. The summed E-state index contributed by atoms with van der Waals surface area (Å²) in [4.78, 5) is 26.0. The van der Waals surface area contributed by atoms with Crippen LogP contribution in [-0.2, 0) is 9.53 Å². The van der Waals surface area contributed by atoms with Crippen LogP contribution in [-0.4, -0.2) is 60.7 Å². The Hall–Kier alpha value is -2.95. The van der Waals surface area contributed by atoms with E-state index in [-0.39, 0.29) is 24.1 Å². The van der Waals surface area contributed by atoms with Gasteiger partial charge in [-0.3, -0.25) is 9.69 Å². The molecule has 0 spiro atoms. The Morgan fingerprint density at radius 1 is 1.48 bits per heavy atom. The number of hydrogen-bond acceptors (Lipinski definition) is 6. The van der Waals surface area contributed by atoms with Crippen molar-refractivity contribution in [2.45, 2.75) is 13.0 Å². The van der Waals surface area contributed by atoms with Crippen LogP contribution < -0.4 is 20.9 Å². The Labute approximate surface area is 160 Å². The van der Waals surface area contributed by atoms with Gasteiger partial charge in [0.2, 0.25) is 5.91 Å². The van der Waals surface area contributed by atoms with Crippen LogP contribution in [0.4, 0.5) is 20.6 Å². The van der Waals surface area contributed by atoms with Gasteiger partial charge in [-0.2, -0.15) is 5.10 Å². The van der Waals surface area contributed by atoms with Gasteiger partial charge in [-0.25, -0.2) is 14.2 Å². The number of carbonyl (C=O) groups is 2. The zero-order valence-electron chi connectivity index (χ0n) is 14.6. The molecule has 1 aromatic rings. The van der Waals surface area contributed by atoms with Gasteiger partial charge < -0.3 is 20.7 Å². The fraction of sp³-hybridized carbons (Fsp3) is 0.375. The second-order valence-corrected chi connectivity index (χ2v) is 6.49. The number of ether oxygens (including phenoxy) is 1.